The summed E-state index contributed by atoms with van der Waals surface area (Å²) >= 11 is 0. The predicted octanol–water partition coefficient (Wildman–Crippen LogP) is 1.51. The summed E-state index contributed by atoms with van der Waals surface area (Å²) in [6, 6.07) is 0. The van der Waals surface area contributed by atoms with Gasteiger partial charge in [-0.1, -0.05) is 6.42 Å². The minimum absolute atomic E-state index is 0. The van der Waals surface area contributed by atoms with E-state index in [1.807, 2.05) is 20.3 Å². The summed E-state index contributed by atoms with van der Waals surface area (Å²) in [5, 5.41) is 9.27. The summed E-state index contributed by atoms with van der Waals surface area (Å²) in [6.07, 6.45) is 4.93. The molecule has 11 heavy (non-hydrogen) atoms. The number of unbranched alkanes of at least 4 members (excludes halogenated alkanes) is 2. The highest BCUT2D eigenvalue weighted by Crippen LogP contribution is 2.11. The van der Waals surface area contributed by atoms with Crippen molar-refractivity contribution >= 4 is 12.4 Å². The van der Waals surface area contributed by atoms with E-state index in [4.69, 9.17) is 5.73 Å². The van der Waals surface area contributed by atoms with Gasteiger partial charge in [-0.3, -0.25) is 0 Å². The Morgan fingerprint density at radius 3 is 2.36 bits per heavy atom. The Morgan fingerprint density at radius 1 is 1.45 bits per heavy atom. The standard InChI is InChI=1S/C8H18NO.ClH/c1-8(2,10)6-4-3-5-7-9;/h5,10H,3-4,6-7,9H2,1-2H3;1H. The summed E-state index contributed by atoms with van der Waals surface area (Å²) in [5.74, 6) is 0. The molecule has 3 N–H and O–H groups in total. The molecule has 0 saturated heterocycles. The molecule has 0 aromatic heterocycles. The van der Waals surface area contributed by atoms with Gasteiger partial charge in [0, 0.05) is 0 Å². The fourth-order valence-electron chi connectivity index (χ4n) is 0.797. The van der Waals surface area contributed by atoms with E-state index in [1.165, 1.54) is 0 Å². The van der Waals surface area contributed by atoms with Crippen LogP contribution in [0.4, 0.5) is 0 Å². The van der Waals surface area contributed by atoms with Crippen molar-refractivity contribution in [1.29, 1.82) is 0 Å². The number of hydrogen-bond donors (Lipinski definition) is 2. The van der Waals surface area contributed by atoms with Gasteiger partial charge in [-0.15, -0.1) is 12.4 Å². The second-order valence-electron chi connectivity index (χ2n) is 3.23. The van der Waals surface area contributed by atoms with Gasteiger partial charge in [-0.25, -0.2) is 0 Å². The highest BCUT2D eigenvalue weighted by atomic mass is 35.5. The van der Waals surface area contributed by atoms with Crippen LogP contribution in [-0.4, -0.2) is 17.3 Å². The highest BCUT2D eigenvalue weighted by molar-refractivity contribution is 5.85. The molecular weight excluding hydrogens is 162 g/mol. The molecule has 0 bridgehead atoms. The normalized spacial score (nSPS) is 10.9. The van der Waals surface area contributed by atoms with E-state index in [9.17, 15) is 5.11 Å². The molecule has 1 radical (unpaired) electrons. The van der Waals surface area contributed by atoms with E-state index in [1.54, 1.807) is 0 Å². The largest absolute Gasteiger partial charge is 0.390 e. The van der Waals surface area contributed by atoms with Crippen molar-refractivity contribution in [3.63, 3.8) is 0 Å². The third-order valence-corrected chi connectivity index (χ3v) is 1.36. The van der Waals surface area contributed by atoms with Crippen LogP contribution in [0.3, 0.4) is 0 Å². The zero-order chi connectivity index (χ0) is 8.04. The van der Waals surface area contributed by atoms with E-state index in [2.05, 4.69) is 0 Å². The lowest BCUT2D eigenvalue weighted by atomic mass is 10.0. The van der Waals surface area contributed by atoms with Gasteiger partial charge in [-0.05, 0) is 39.7 Å². The van der Waals surface area contributed by atoms with E-state index < -0.39 is 5.60 Å². The quantitative estimate of drug-likeness (QED) is 0.631. The van der Waals surface area contributed by atoms with E-state index in [-0.39, 0.29) is 12.4 Å². The second-order valence-corrected chi connectivity index (χ2v) is 3.23. The topological polar surface area (TPSA) is 46.2 Å². The van der Waals surface area contributed by atoms with E-state index in [0.717, 1.165) is 19.3 Å². The minimum atomic E-state index is -0.511. The SMILES string of the molecule is CC(C)(O)CCC[CH]CN.Cl. The van der Waals surface area contributed by atoms with Gasteiger partial charge in [0.2, 0.25) is 0 Å². The zero-order valence-corrected chi connectivity index (χ0v) is 8.16. The maximum Gasteiger partial charge on any atom is 0.0591 e. The molecule has 0 saturated carbocycles. The first-order valence-corrected chi connectivity index (χ1v) is 3.80. The lowest BCUT2D eigenvalue weighted by Gasteiger charge is -2.15. The average molecular weight is 181 g/mol. The summed E-state index contributed by atoms with van der Waals surface area (Å²) < 4.78 is 0. The number of halogens is 1. The van der Waals surface area contributed by atoms with Crippen molar-refractivity contribution in [2.45, 2.75) is 38.7 Å². The molecule has 0 aliphatic heterocycles. The van der Waals surface area contributed by atoms with Crippen molar-refractivity contribution in [2.75, 3.05) is 6.54 Å². The Hall–Kier alpha value is 0.210. The van der Waals surface area contributed by atoms with Gasteiger partial charge in [0.1, 0.15) is 0 Å². The molecule has 0 rings (SSSR count). The van der Waals surface area contributed by atoms with Gasteiger partial charge >= 0.3 is 0 Å². The molecule has 0 fully saturated rings. The molecule has 0 atom stereocenters. The fourth-order valence-corrected chi connectivity index (χ4v) is 0.797. The number of hydrogen-bond acceptors (Lipinski definition) is 2. The fraction of sp³-hybridized carbons (Fsp3) is 0.875. The van der Waals surface area contributed by atoms with Crippen molar-refractivity contribution in [1.82, 2.24) is 0 Å². The van der Waals surface area contributed by atoms with Gasteiger partial charge in [0.05, 0.1) is 5.60 Å². The predicted molar refractivity (Wildman–Crippen MR) is 50.8 cm³/mol. The molecule has 0 aliphatic rings. The molecule has 3 heteroatoms. The first-order valence-electron chi connectivity index (χ1n) is 3.80. The first-order chi connectivity index (χ1) is 4.56. The van der Waals surface area contributed by atoms with Crippen LogP contribution in [0.15, 0.2) is 0 Å². The molecular formula is C8H19ClNO. The van der Waals surface area contributed by atoms with Crippen molar-refractivity contribution in [3.8, 4) is 0 Å². The molecule has 0 aromatic rings. The van der Waals surface area contributed by atoms with Crippen LogP contribution in [0.1, 0.15) is 33.1 Å². The van der Waals surface area contributed by atoms with Crippen LogP contribution < -0.4 is 5.73 Å². The van der Waals surface area contributed by atoms with Gasteiger partial charge in [0.25, 0.3) is 0 Å². The van der Waals surface area contributed by atoms with Crippen molar-refractivity contribution in [3.05, 3.63) is 6.42 Å². The number of nitrogens with two attached hydrogens (primary N) is 1. The number of aliphatic hydroxyl groups is 1. The van der Waals surface area contributed by atoms with Crippen molar-refractivity contribution < 1.29 is 5.11 Å². The third-order valence-electron chi connectivity index (χ3n) is 1.36. The maximum absolute atomic E-state index is 9.27. The molecule has 0 aromatic carbocycles. The molecule has 0 heterocycles. The van der Waals surface area contributed by atoms with Crippen molar-refractivity contribution in [2.24, 2.45) is 5.73 Å². The Kier molecular flexibility index (Phi) is 8.63. The van der Waals surface area contributed by atoms with Gasteiger partial charge < -0.3 is 10.8 Å². The lowest BCUT2D eigenvalue weighted by molar-refractivity contribution is 0.0688. The lowest BCUT2D eigenvalue weighted by Crippen LogP contribution is -2.17. The summed E-state index contributed by atoms with van der Waals surface area (Å²) in [6.45, 7) is 4.30. The molecule has 0 unspecified atom stereocenters. The Balaban J connectivity index is 0. The molecule has 69 valence electrons. The second kappa shape index (κ2) is 6.89. The number of rotatable bonds is 5. The molecule has 2 nitrogen and oxygen atoms in total. The van der Waals surface area contributed by atoms with Crippen LogP contribution in [0, 0.1) is 6.42 Å². The van der Waals surface area contributed by atoms with Crippen LogP contribution in [-0.2, 0) is 0 Å². The molecule has 0 amide bonds. The zero-order valence-electron chi connectivity index (χ0n) is 7.34. The first kappa shape index (κ1) is 13.8. The van der Waals surface area contributed by atoms with Crippen LogP contribution >= 0.6 is 12.4 Å². The monoisotopic (exact) mass is 180 g/mol. The summed E-state index contributed by atoms with van der Waals surface area (Å²) in [7, 11) is 0. The summed E-state index contributed by atoms with van der Waals surface area (Å²) in [5.41, 5.74) is 4.75. The Bertz CT molecular complexity index is 80.7. The summed E-state index contributed by atoms with van der Waals surface area (Å²) in [4.78, 5) is 0. The smallest absolute Gasteiger partial charge is 0.0591 e. The highest BCUT2D eigenvalue weighted by Gasteiger charge is 2.10. The van der Waals surface area contributed by atoms with Crippen LogP contribution in [0.2, 0.25) is 0 Å². The van der Waals surface area contributed by atoms with Crippen LogP contribution in [0.25, 0.3) is 0 Å². The third kappa shape index (κ3) is 13.2. The Labute approximate surface area is 75.6 Å². The van der Waals surface area contributed by atoms with Gasteiger partial charge in [-0.2, -0.15) is 0 Å². The average Bonchev–Trinajstić information content (AvgIpc) is 1.78. The molecule has 0 aliphatic carbocycles. The van der Waals surface area contributed by atoms with E-state index >= 15 is 0 Å². The van der Waals surface area contributed by atoms with Gasteiger partial charge in [0.15, 0.2) is 0 Å². The van der Waals surface area contributed by atoms with E-state index in [0.29, 0.717) is 6.54 Å². The Morgan fingerprint density at radius 2 is 2.00 bits per heavy atom. The van der Waals surface area contributed by atoms with Crippen LogP contribution in [0.5, 0.6) is 0 Å². The molecule has 0 spiro atoms. The maximum atomic E-state index is 9.27. The minimum Gasteiger partial charge on any atom is -0.390 e.